The zero-order valence-corrected chi connectivity index (χ0v) is 32.8. The number of rotatable bonds is 7. The van der Waals surface area contributed by atoms with E-state index in [9.17, 15) is 10.5 Å². The molecule has 0 bridgehead atoms. The maximum Gasteiger partial charge on any atom is 0.0991 e. The quantitative estimate of drug-likeness (QED) is 0.152. The average Bonchev–Trinajstić information content (AvgIpc) is 3.54. The molecule has 59 heavy (non-hydrogen) atoms. The monoisotopic (exact) mass is 754 g/mol. The molecule has 4 heteroatoms. The summed E-state index contributed by atoms with van der Waals surface area (Å²) in [6, 6.07) is 72.4. The van der Waals surface area contributed by atoms with Crippen molar-refractivity contribution in [3.05, 3.63) is 216 Å². The Kier molecular flexibility index (Phi) is 8.56. The number of nitriles is 2. The van der Waals surface area contributed by atoms with Crippen LogP contribution in [0.2, 0.25) is 0 Å². The van der Waals surface area contributed by atoms with E-state index in [0.717, 1.165) is 39.7 Å². The summed E-state index contributed by atoms with van der Waals surface area (Å²) in [4.78, 5) is 4.55. The molecule has 0 saturated carbocycles. The van der Waals surface area contributed by atoms with E-state index in [0.29, 0.717) is 11.1 Å². The Labute approximate surface area is 344 Å². The number of hydrogen-bond donors (Lipinski definition) is 0. The molecule has 0 atom stereocenters. The molecule has 0 heterocycles. The van der Waals surface area contributed by atoms with Gasteiger partial charge in [0, 0.05) is 39.5 Å². The third-order valence-electron chi connectivity index (χ3n) is 11.9. The van der Waals surface area contributed by atoms with Crippen LogP contribution in [-0.4, -0.2) is 0 Å². The first kappa shape index (κ1) is 35.5. The molecular formula is C55H38N4. The number of anilines is 6. The van der Waals surface area contributed by atoms with Crippen molar-refractivity contribution in [2.45, 2.75) is 19.3 Å². The average molecular weight is 755 g/mol. The van der Waals surface area contributed by atoms with Crippen LogP contribution in [0.4, 0.5) is 34.1 Å². The fourth-order valence-electron chi connectivity index (χ4n) is 9.06. The Balaban J connectivity index is 1.14. The summed E-state index contributed by atoms with van der Waals surface area (Å²) in [6.45, 7) is 4.71. The molecule has 0 N–H and O–H groups in total. The molecule has 0 unspecified atom stereocenters. The Morgan fingerprint density at radius 1 is 0.390 bits per heavy atom. The van der Waals surface area contributed by atoms with Gasteiger partial charge in [-0.05, 0) is 152 Å². The van der Waals surface area contributed by atoms with Gasteiger partial charge in [-0.3, -0.25) is 0 Å². The minimum Gasteiger partial charge on any atom is -0.310 e. The summed E-state index contributed by atoms with van der Waals surface area (Å²) < 4.78 is 0. The standard InChI is InChI=1S/C55H38N4/c1-55(2)52-34-46(58(41-13-7-4-8-14-41)42-23-17-37(35-56)18-24-42)30-32-50(52)53-48-16-10-9-15-47(48)51-33-45(29-31-49(51)54(53)55)59(43-25-19-38(36-57)20-26-43)44-27-21-40(22-28-44)39-11-5-3-6-12-39/h3-34H,1-2H3. The molecule has 9 aromatic rings. The predicted molar refractivity (Wildman–Crippen MR) is 243 cm³/mol. The lowest BCUT2D eigenvalue weighted by Gasteiger charge is -2.29. The molecule has 0 amide bonds. The van der Waals surface area contributed by atoms with E-state index < -0.39 is 0 Å². The van der Waals surface area contributed by atoms with Crippen LogP contribution in [0.15, 0.2) is 194 Å². The Hall–Kier alpha value is -7.92. The molecule has 0 radical (unpaired) electrons. The SMILES string of the molecule is CC1(C)c2cc(N(c3ccccc3)c3ccc(C#N)cc3)ccc2-c2c1c1ccc(N(c3ccc(C#N)cc3)c3ccc(-c4ccccc4)cc3)cc1c1ccccc21. The highest BCUT2D eigenvalue weighted by Gasteiger charge is 2.39. The van der Waals surface area contributed by atoms with Gasteiger partial charge in [0.25, 0.3) is 0 Å². The molecule has 10 rings (SSSR count). The molecule has 0 saturated heterocycles. The summed E-state index contributed by atoms with van der Waals surface area (Å²) in [5, 5.41) is 24.0. The van der Waals surface area contributed by atoms with Crippen LogP contribution in [0, 0.1) is 22.7 Å². The first-order chi connectivity index (χ1) is 28.9. The van der Waals surface area contributed by atoms with Gasteiger partial charge >= 0.3 is 0 Å². The van der Waals surface area contributed by atoms with Crippen LogP contribution in [0.3, 0.4) is 0 Å². The van der Waals surface area contributed by atoms with Crippen molar-refractivity contribution in [2.75, 3.05) is 9.80 Å². The lowest BCUT2D eigenvalue weighted by atomic mass is 9.79. The lowest BCUT2D eigenvalue weighted by Crippen LogP contribution is -2.17. The first-order valence-electron chi connectivity index (χ1n) is 19.9. The highest BCUT2D eigenvalue weighted by atomic mass is 15.1. The highest BCUT2D eigenvalue weighted by molar-refractivity contribution is 6.19. The second kappa shape index (κ2) is 14.2. The van der Waals surface area contributed by atoms with Gasteiger partial charge in [0.2, 0.25) is 0 Å². The Bertz CT molecular complexity index is 3120. The normalized spacial score (nSPS) is 12.3. The van der Waals surface area contributed by atoms with E-state index in [1.807, 2.05) is 60.7 Å². The minimum absolute atomic E-state index is 0.322. The van der Waals surface area contributed by atoms with Gasteiger partial charge in [0.15, 0.2) is 0 Å². The Morgan fingerprint density at radius 2 is 0.847 bits per heavy atom. The van der Waals surface area contributed by atoms with Crippen LogP contribution in [-0.2, 0) is 5.41 Å². The van der Waals surface area contributed by atoms with Gasteiger partial charge in [-0.1, -0.05) is 111 Å². The summed E-state index contributed by atoms with van der Waals surface area (Å²) in [5.74, 6) is 0. The maximum atomic E-state index is 9.63. The van der Waals surface area contributed by atoms with E-state index in [4.69, 9.17) is 0 Å². The van der Waals surface area contributed by atoms with Crippen molar-refractivity contribution < 1.29 is 0 Å². The third kappa shape index (κ3) is 5.98. The molecule has 1 aliphatic carbocycles. The van der Waals surface area contributed by atoms with Gasteiger partial charge in [-0.15, -0.1) is 0 Å². The largest absolute Gasteiger partial charge is 0.310 e. The molecule has 278 valence electrons. The van der Waals surface area contributed by atoms with Crippen LogP contribution >= 0.6 is 0 Å². The van der Waals surface area contributed by atoms with E-state index in [2.05, 4.69) is 169 Å². The molecule has 0 fully saturated rings. The second-order valence-electron chi connectivity index (χ2n) is 15.6. The molecule has 4 nitrogen and oxygen atoms in total. The molecule has 0 aliphatic heterocycles. The fourth-order valence-corrected chi connectivity index (χ4v) is 9.06. The van der Waals surface area contributed by atoms with E-state index in [-0.39, 0.29) is 5.41 Å². The summed E-state index contributed by atoms with van der Waals surface area (Å²) in [7, 11) is 0. The second-order valence-corrected chi connectivity index (χ2v) is 15.6. The van der Waals surface area contributed by atoms with Crippen molar-refractivity contribution in [3.63, 3.8) is 0 Å². The van der Waals surface area contributed by atoms with Crippen molar-refractivity contribution >= 4 is 55.7 Å². The summed E-state index contributed by atoms with van der Waals surface area (Å²) in [5.41, 5.74) is 14.6. The summed E-state index contributed by atoms with van der Waals surface area (Å²) in [6.07, 6.45) is 0. The number of hydrogen-bond acceptors (Lipinski definition) is 4. The van der Waals surface area contributed by atoms with Crippen LogP contribution in [0.25, 0.3) is 43.8 Å². The number of benzene rings is 9. The van der Waals surface area contributed by atoms with Crippen molar-refractivity contribution in [2.24, 2.45) is 0 Å². The third-order valence-corrected chi connectivity index (χ3v) is 11.9. The zero-order chi connectivity index (χ0) is 40.1. The van der Waals surface area contributed by atoms with Crippen molar-refractivity contribution in [3.8, 4) is 34.4 Å². The van der Waals surface area contributed by atoms with E-state index in [1.165, 1.54) is 49.4 Å². The number of nitrogens with zero attached hydrogens (tertiary/aromatic N) is 4. The van der Waals surface area contributed by atoms with Crippen LogP contribution in [0.5, 0.6) is 0 Å². The molecule has 9 aromatic carbocycles. The minimum atomic E-state index is -0.322. The van der Waals surface area contributed by atoms with Crippen molar-refractivity contribution in [1.82, 2.24) is 0 Å². The molecule has 1 aliphatic rings. The van der Waals surface area contributed by atoms with Crippen LogP contribution < -0.4 is 9.80 Å². The van der Waals surface area contributed by atoms with Crippen LogP contribution in [0.1, 0.15) is 36.1 Å². The maximum absolute atomic E-state index is 9.63. The Morgan fingerprint density at radius 3 is 1.44 bits per heavy atom. The smallest absolute Gasteiger partial charge is 0.0991 e. The van der Waals surface area contributed by atoms with Gasteiger partial charge in [-0.2, -0.15) is 10.5 Å². The number of para-hydroxylation sites is 1. The molecular weight excluding hydrogens is 717 g/mol. The van der Waals surface area contributed by atoms with Gasteiger partial charge in [0.1, 0.15) is 0 Å². The molecule has 0 spiro atoms. The predicted octanol–water partition coefficient (Wildman–Crippen LogP) is 14.6. The number of fused-ring (bicyclic) bond motifs is 8. The first-order valence-corrected chi connectivity index (χ1v) is 19.9. The highest BCUT2D eigenvalue weighted by Crippen LogP contribution is 2.56. The van der Waals surface area contributed by atoms with Gasteiger partial charge in [-0.25, -0.2) is 0 Å². The van der Waals surface area contributed by atoms with E-state index in [1.54, 1.807) is 0 Å². The van der Waals surface area contributed by atoms with Gasteiger partial charge in [0.05, 0.1) is 23.3 Å². The van der Waals surface area contributed by atoms with E-state index >= 15 is 0 Å². The lowest BCUT2D eigenvalue weighted by molar-refractivity contribution is 0.666. The summed E-state index contributed by atoms with van der Waals surface area (Å²) >= 11 is 0. The van der Waals surface area contributed by atoms with Gasteiger partial charge < -0.3 is 9.80 Å². The zero-order valence-electron chi connectivity index (χ0n) is 32.8. The topological polar surface area (TPSA) is 54.1 Å². The van der Waals surface area contributed by atoms with Crippen molar-refractivity contribution in [1.29, 1.82) is 10.5 Å². The molecule has 0 aromatic heterocycles. The fraction of sp³-hybridized carbons (Fsp3) is 0.0545.